The summed E-state index contributed by atoms with van der Waals surface area (Å²) >= 11 is 6.01. The molecule has 1 amide bonds. The van der Waals surface area contributed by atoms with Crippen molar-refractivity contribution in [1.29, 1.82) is 0 Å². The van der Waals surface area contributed by atoms with Crippen LogP contribution in [-0.4, -0.2) is 15.7 Å². The number of hydrogen-bond donors (Lipinski definition) is 1. The van der Waals surface area contributed by atoms with Gasteiger partial charge < -0.3 is 5.32 Å². The Hall–Kier alpha value is -2.99. The van der Waals surface area contributed by atoms with Crippen LogP contribution in [0.1, 0.15) is 12.8 Å². The van der Waals surface area contributed by atoms with Crippen LogP contribution in [0.15, 0.2) is 65.5 Å². The molecular formula is C20H17ClFN3O2. The van der Waals surface area contributed by atoms with Crippen LogP contribution in [0.3, 0.4) is 0 Å². The Morgan fingerprint density at radius 3 is 2.56 bits per heavy atom. The van der Waals surface area contributed by atoms with Crippen molar-refractivity contribution in [3.8, 4) is 11.3 Å². The summed E-state index contributed by atoms with van der Waals surface area (Å²) in [6.45, 7) is 0.295. The molecule has 138 valence electrons. The van der Waals surface area contributed by atoms with Crippen molar-refractivity contribution < 1.29 is 9.18 Å². The van der Waals surface area contributed by atoms with Crippen LogP contribution >= 0.6 is 11.6 Å². The highest BCUT2D eigenvalue weighted by Gasteiger charge is 2.07. The van der Waals surface area contributed by atoms with Gasteiger partial charge in [-0.05, 0) is 48.9 Å². The lowest BCUT2D eigenvalue weighted by atomic mass is 10.1. The van der Waals surface area contributed by atoms with Crippen molar-refractivity contribution in [2.24, 2.45) is 0 Å². The molecule has 0 saturated carbocycles. The zero-order valence-electron chi connectivity index (χ0n) is 14.4. The molecule has 0 aliphatic carbocycles. The summed E-state index contributed by atoms with van der Waals surface area (Å²) in [7, 11) is 0. The molecule has 1 N–H and O–H groups in total. The number of hydrogen-bond acceptors (Lipinski definition) is 3. The SMILES string of the molecule is O=C(CCCn1nc(-c2ccc(F)cc2)ccc1=O)Nc1ccccc1Cl. The fourth-order valence-electron chi connectivity index (χ4n) is 2.55. The third kappa shape index (κ3) is 5.01. The van der Waals surface area contributed by atoms with E-state index >= 15 is 0 Å². The quantitative estimate of drug-likeness (QED) is 0.694. The fourth-order valence-corrected chi connectivity index (χ4v) is 2.73. The molecule has 27 heavy (non-hydrogen) atoms. The topological polar surface area (TPSA) is 64.0 Å². The predicted molar refractivity (Wildman–Crippen MR) is 103 cm³/mol. The van der Waals surface area contributed by atoms with Gasteiger partial charge in [0.25, 0.3) is 5.56 Å². The number of benzene rings is 2. The summed E-state index contributed by atoms with van der Waals surface area (Å²) in [5, 5.41) is 7.50. The maximum Gasteiger partial charge on any atom is 0.266 e. The lowest BCUT2D eigenvalue weighted by molar-refractivity contribution is -0.116. The molecule has 1 aromatic heterocycles. The second-order valence-corrected chi connectivity index (χ2v) is 6.33. The molecule has 0 unspecified atom stereocenters. The summed E-state index contributed by atoms with van der Waals surface area (Å²) < 4.78 is 14.4. The number of nitrogens with one attached hydrogen (secondary N) is 1. The van der Waals surface area contributed by atoms with Gasteiger partial charge in [0.2, 0.25) is 5.91 Å². The molecule has 2 aromatic carbocycles. The maximum atomic E-state index is 13.0. The Kier molecular flexibility index (Phi) is 5.98. The molecule has 0 bridgehead atoms. The monoisotopic (exact) mass is 385 g/mol. The van der Waals surface area contributed by atoms with Crippen LogP contribution in [0.25, 0.3) is 11.3 Å². The van der Waals surface area contributed by atoms with Crippen LogP contribution in [0.5, 0.6) is 0 Å². The molecule has 1 heterocycles. The number of para-hydroxylation sites is 1. The highest BCUT2D eigenvalue weighted by Crippen LogP contribution is 2.20. The van der Waals surface area contributed by atoms with E-state index in [2.05, 4.69) is 10.4 Å². The molecule has 0 fully saturated rings. The standard InChI is InChI=1S/C20H17ClFN3O2/c21-16-4-1-2-5-18(16)23-19(26)6-3-13-25-20(27)12-11-17(24-25)14-7-9-15(22)10-8-14/h1-2,4-5,7-12H,3,6,13H2,(H,23,26). The minimum atomic E-state index is -0.336. The second-order valence-electron chi connectivity index (χ2n) is 5.92. The Morgan fingerprint density at radius 2 is 1.81 bits per heavy atom. The van der Waals surface area contributed by atoms with Crippen molar-refractivity contribution >= 4 is 23.2 Å². The Morgan fingerprint density at radius 1 is 1.07 bits per heavy atom. The summed E-state index contributed by atoms with van der Waals surface area (Å²) in [4.78, 5) is 24.0. The van der Waals surface area contributed by atoms with Gasteiger partial charge in [0.1, 0.15) is 5.82 Å². The molecule has 0 aliphatic heterocycles. The van der Waals surface area contributed by atoms with E-state index in [9.17, 15) is 14.0 Å². The first-order valence-corrected chi connectivity index (χ1v) is 8.79. The van der Waals surface area contributed by atoms with E-state index in [1.54, 1.807) is 42.5 Å². The number of carbonyl (C=O) groups excluding carboxylic acids is 1. The van der Waals surface area contributed by atoms with E-state index in [1.165, 1.54) is 22.9 Å². The first-order chi connectivity index (χ1) is 13.0. The summed E-state index contributed by atoms with van der Waals surface area (Å²) in [5.74, 6) is -0.526. The van der Waals surface area contributed by atoms with Crippen LogP contribution in [0, 0.1) is 5.82 Å². The summed E-state index contributed by atoms with van der Waals surface area (Å²) in [6, 6.07) is 15.9. The van der Waals surface area contributed by atoms with Gasteiger partial charge in [-0.2, -0.15) is 5.10 Å². The van der Waals surface area contributed by atoms with E-state index in [0.717, 1.165) is 0 Å². The number of amides is 1. The molecule has 5 nitrogen and oxygen atoms in total. The van der Waals surface area contributed by atoms with Gasteiger partial charge in [-0.15, -0.1) is 0 Å². The van der Waals surface area contributed by atoms with E-state index in [0.29, 0.717) is 34.9 Å². The molecule has 0 spiro atoms. The van der Waals surface area contributed by atoms with E-state index in [-0.39, 0.29) is 23.7 Å². The van der Waals surface area contributed by atoms with Gasteiger partial charge in [0, 0.05) is 24.6 Å². The number of rotatable bonds is 6. The van der Waals surface area contributed by atoms with Crippen LogP contribution in [0.4, 0.5) is 10.1 Å². The number of anilines is 1. The average molecular weight is 386 g/mol. The summed E-state index contributed by atoms with van der Waals surface area (Å²) in [6.07, 6.45) is 0.663. The van der Waals surface area contributed by atoms with Gasteiger partial charge in [0.15, 0.2) is 0 Å². The van der Waals surface area contributed by atoms with E-state index < -0.39 is 0 Å². The molecule has 7 heteroatoms. The largest absolute Gasteiger partial charge is 0.325 e. The van der Waals surface area contributed by atoms with Crippen molar-refractivity contribution in [2.45, 2.75) is 19.4 Å². The van der Waals surface area contributed by atoms with Crippen molar-refractivity contribution in [2.75, 3.05) is 5.32 Å². The first kappa shape index (κ1) is 18.8. The number of nitrogens with zero attached hydrogens (tertiary/aromatic N) is 2. The van der Waals surface area contributed by atoms with Crippen molar-refractivity contribution in [3.63, 3.8) is 0 Å². The Bertz CT molecular complexity index is 1000. The van der Waals surface area contributed by atoms with Crippen LogP contribution in [-0.2, 0) is 11.3 Å². The molecule has 0 saturated heterocycles. The third-order valence-corrected chi connectivity index (χ3v) is 4.26. The lowest BCUT2D eigenvalue weighted by Gasteiger charge is -2.09. The zero-order chi connectivity index (χ0) is 19.2. The highest BCUT2D eigenvalue weighted by atomic mass is 35.5. The predicted octanol–water partition coefficient (Wildman–Crippen LogP) is 4.12. The molecule has 3 rings (SSSR count). The molecule has 0 aliphatic rings. The van der Waals surface area contributed by atoms with Gasteiger partial charge in [0.05, 0.1) is 16.4 Å². The zero-order valence-corrected chi connectivity index (χ0v) is 15.1. The first-order valence-electron chi connectivity index (χ1n) is 8.41. The number of halogens is 2. The number of carbonyl (C=O) groups is 1. The van der Waals surface area contributed by atoms with Crippen LogP contribution in [0.2, 0.25) is 5.02 Å². The van der Waals surface area contributed by atoms with Crippen molar-refractivity contribution in [3.05, 3.63) is 81.9 Å². The minimum absolute atomic E-state index is 0.189. The molecule has 0 atom stereocenters. The smallest absolute Gasteiger partial charge is 0.266 e. The highest BCUT2D eigenvalue weighted by molar-refractivity contribution is 6.33. The fraction of sp³-hybridized carbons (Fsp3) is 0.150. The average Bonchev–Trinajstić information content (AvgIpc) is 2.66. The lowest BCUT2D eigenvalue weighted by Crippen LogP contribution is -2.23. The number of aryl methyl sites for hydroxylation is 1. The van der Waals surface area contributed by atoms with Gasteiger partial charge in [-0.25, -0.2) is 9.07 Å². The molecule has 0 radical (unpaired) electrons. The van der Waals surface area contributed by atoms with Gasteiger partial charge >= 0.3 is 0 Å². The molecule has 3 aromatic rings. The second kappa shape index (κ2) is 8.60. The number of aromatic nitrogens is 2. The minimum Gasteiger partial charge on any atom is -0.325 e. The Labute approximate surface area is 160 Å². The van der Waals surface area contributed by atoms with Gasteiger partial charge in [-0.3, -0.25) is 9.59 Å². The maximum absolute atomic E-state index is 13.0. The van der Waals surface area contributed by atoms with Crippen molar-refractivity contribution in [1.82, 2.24) is 9.78 Å². The third-order valence-electron chi connectivity index (χ3n) is 3.93. The van der Waals surface area contributed by atoms with Crippen LogP contribution < -0.4 is 10.9 Å². The Balaban J connectivity index is 1.61. The molecular weight excluding hydrogens is 369 g/mol. The summed E-state index contributed by atoms with van der Waals surface area (Å²) in [5.41, 5.74) is 1.57. The normalized spacial score (nSPS) is 10.6. The van der Waals surface area contributed by atoms with E-state index in [1.807, 2.05) is 0 Å². The van der Waals surface area contributed by atoms with E-state index in [4.69, 9.17) is 11.6 Å². The van der Waals surface area contributed by atoms with Gasteiger partial charge in [-0.1, -0.05) is 23.7 Å².